The lowest BCUT2D eigenvalue weighted by atomic mass is 10.1. The second kappa shape index (κ2) is 15.1. The summed E-state index contributed by atoms with van der Waals surface area (Å²) in [6, 6.07) is 7.44. The second-order valence-corrected chi connectivity index (χ2v) is 14.2. The van der Waals surface area contributed by atoms with Crippen molar-refractivity contribution in [1.29, 1.82) is 0 Å². The number of allylic oxidation sites excluding steroid dienone is 2. The molecule has 1 aliphatic heterocycles. The highest BCUT2D eigenvalue weighted by Crippen LogP contribution is 2.45. The number of halogens is 4. The van der Waals surface area contributed by atoms with Crippen molar-refractivity contribution in [2.45, 2.75) is 84.6 Å². The van der Waals surface area contributed by atoms with Crippen LogP contribution < -0.4 is 14.4 Å². The van der Waals surface area contributed by atoms with E-state index in [0.717, 1.165) is 66.4 Å². The van der Waals surface area contributed by atoms with Crippen molar-refractivity contribution in [2.75, 3.05) is 22.9 Å². The molecule has 240 valence electrons. The lowest BCUT2D eigenvalue weighted by molar-refractivity contribution is -0.674. The first-order valence-electron chi connectivity index (χ1n) is 15.2. The molecule has 0 saturated carbocycles. The molecule has 0 bridgehead atoms. The Morgan fingerprint density at radius 2 is 1.41 bits per heavy atom. The molecule has 1 aliphatic rings. The molecule has 1 aromatic heterocycles. The van der Waals surface area contributed by atoms with E-state index in [0.29, 0.717) is 46.0 Å². The van der Waals surface area contributed by atoms with Crippen LogP contribution in [-0.2, 0) is 23.2 Å². The number of fused-ring (bicyclic) bond motifs is 2. The summed E-state index contributed by atoms with van der Waals surface area (Å²) in [6.45, 7) is 10.8. The summed E-state index contributed by atoms with van der Waals surface area (Å²) >= 11 is 25.7. The molecule has 2 heterocycles. The molecule has 3 aromatic rings. The van der Waals surface area contributed by atoms with Crippen LogP contribution in [0.5, 0.6) is 0 Å². The van der Waals surface area contributed by atoms with E-state index in [1.165, 1.54) is 0 Å². The first-order chi connectivity index (χ1) is 21.0. The molecule has 4 rings (SSSR count). The number of aromatic nitrogens is 2. The van der Waals surface area contributed by atoms with Crippen LogP contribution in [0.25, 0.3) is 17.1 Å². The highest BCUT2D eigenvalue weighted by Gasteiger charge is 2.31. The Morgan fingerprint density at radius 1 is 0.818 bits per heavy atom. The third-order valence-electron chi connectivity index (χ3n) is 8.21. The molecule has 1 unspecified atom stereocenters. The summed E-state index contributed by atoms with van der Waals surface area (Å²) in [5, 5.41) is 0.896. The highest BCUT2D eigenvalue weighted by atomic mass is 35.5. The molecule has 44 heavy (non-hydrogen) atoms. The van der Waals surface area contributed by atoms with E-state index >= 15 is 0 Å². The molecule has 0 radical (unpaired) electrons. The average Bonchev–Trinajstić information content (AvgIpc) is 3.42. The largest absolute Gasteiger partial charge is 0.748 e. The SMILES string of the molecule is CCCCCCC(CC[n+]1c(/C=C/C=C2N(CC)c3cc(Cl)c(Cl)cc3N2CC)n(CC)c2cc(Cl)c(Cl)cc21)S(=O)(=O)[O-]. The Kier molecular flexibility index (Phi) is 12.0. The predicted octanol–water partition coefficient (Wildman–Crippen LogP) is 9.06. The first kappa shape index (κ1) is 34.9. The van der Waals surface area contributed by atoms with Gasteiger partial charge >= 0.3 is 0 Å². The van der Waals surface area contributed by atoms with Gasteiger partial charge in [-0.05, 0) is 45.4 Å². The third kappa shape index (κ3) is 7.37. The number of hydrogen-bond donors (Lipinski definition) is 0. The summed E-state index contributed by atoms with van der Waals surface area (Å²) < 4.78 is 40.9. The number of hydrogen-bond acceptors (Lipinski definition) is 5. The van der Waals surface area contributed by atoms with E-state index in [1.807, 2.05) is 47.9 Å². The summed E-state index contributed by atoms with van der Waals surface area (Å²) in [6.07, 6.45) is 10.3. The molecule has 2 aromatic carbocycles. The molecule has 0 N–H and O–H groups in total. The molecule has 12 heteroatoms. The van der Waals surface area contributed by atoms with Crippen LogP contribution in [0.2, 0.25) is 20.1 Å². The Morgan fingerprint density at radius 3 is 1.95 bits per heavy atom. The zero-order valence-electron chi connectivity index (χ0n) is 25.6. The van der Waals surface area contributed by atoms with E-state index in [2.05, 4.69) is 41.2 Å². The lowest BCUT2D eigenvalue weighted by Crippen LogP contribution is -2.39. The quantitative estimate of drug-likeness (QED) is 0.0953. The maximum absolute atomic E-state index is 12.2. The van der Waals surface area contributed by atoms with Crippen LogP contribution in [-0.4, -0.2) is 35.9 Å². The summed E-state index contributed by atoms with van der Waals surface area (Å²) in [5.41, 5.74) is 3.69. The molecule has 0 fully saturated rings. The van der Waals surface area contributed by atoms with Crippen LogP contribution in [0.3, 0.4) is 0 Å². The number of imidazole rings is 1. The van der Waals surface area contributed by atoms with Crippen LogP contribution in [0, 0.1) is 0 Å². The van der Waals surface area contributed by atoms with Crippen LogP contribution in [0.15, 0.2) is 42.2 Å². The predicted molar refractivity (Wildman–Crippen MR) is 184 cm³/mol. The number of nitrogens with zero attached hydrogens (tertiary/aromatic N) is 4. The van der Waals surface area contributed by atoms with Crippen molar-refractivity contribution >= 4 is 85.0 Å². The molecule has 0 aliphatic carbocycles. The first-order valence-corrected chi connectivity index (χ1v) is 18.2. The minimum Gasteiger partial charge on any atom is -0.748 e. The van der Waals surface area contributed by atoms with Gasteiger partial charge < -0.3 is 14.4 Å². The van der Waals surface area contributed by atoms with E-state index in [1.54, 1.807) is 0 Å². The Hall–Kier alpha value is -1.94. The molecular weight excluding hydrogens is 662 g/mol. The standard InChI is InChI=1S/C32H40Cl4N4O3S/c1-5-9-10-11-13-22(44(41,42)43)16-17-40-30-21-26(36)25(35)20-29(30)39(8-4)32(40)15-12-14-31-37(6-2)27-18-23(33)24(34)19-28(27)38(31)7-3/h12,14-15,18-22H,5-11,13,16-17H2,1-4H3. The maximum atomic E-state index is 12.2. The molecule has 0 spiro atoms. The fourth-order valence-electron chi connectivity index (χ4n) is 6.02. The summed E-state index contributed by atoms with van der Waals surface area (Å²) in [7, 11) is -4.46. The van der Waals surface area contributed by atoms with Gasteiger partial charge in [0, 0.05) is 37.7 Å². The molecule has 7 nitrogen and oxygen atoms in total. The van der Waals surface area contributed by atoms with Gasteiger partial charge in [-0.15, -0.1) is 0 Å². The Balaban J connectivity index is 1.76. The third-order valence-corrected chi connectivity index (χ3v) is 10.9. The van der Waals surface area contributed by atoms with Gasteiger partial charge in [0.15, 0.2) is 11.0 Å². The Labute approximate surface area is 281 Å². The van der Waals surface area contributed by atoms with Crippen LogP contribution >= 0.6 is 46.4 Å². The zero-order chi connectivity index (χ0) is 32.2. The number of unbranched alkanes of at least 4 members (excludes halogenated alkanes) is 3. The van der Waals surface area contributed by atoms with Crippen LogP contribution in [0.1, 0.15) is 72.0 Å². The van der Waals surface area contributed by atoms with E-state index < -0.39 is 15.4 Å². The number of benzene rings is 2. The van der Waals surface area contributed by atoms with Gasteiger partial charge in [-0.2, -0.15) is 0 Å². The van der Waals surface area contributed by atoms with Gasteiger partial charge in [0.2, 0.25) is 0 Å². The van der Waals surface area contributed by atoms with Crippen molar-refractivity contribution in [2.24, 2.45) is 0 Å². The molecule has 1 atom stereocenters. The van der Waals surface area contributed by atoms with Crippen molar-refractivity contribution in [3.05, 3.63) is 68.2 Å². The van der Waals surface area contributed by atoms with E-state index in [9.17, 15) is 13.0 Å². The fraction of sp³-hybridized carbons (Fsp3) is 0.469. The number of rotatable bonds is 14. The van der Waals surface area contributed by atoms with Crippen molar-refractivity contribution in [3.8, 4) is 0 Å². The zero-order valence-corrected chi connectivity index (χ0v) is 29.5. The van der Waals surface area contributed by atoms with Crippen LogP contribution in [0.4, 0.5) is 11.4 Å². The molecular formula is C32H40Cl4N4O3S. The number of aryl methyl sites for hydroxylation is 2. The monoisotopic (exact) mass is 700 g/mol. The minimum absolute atomic E-state index is 0.206. The summed E-state index contributed by atoms with van der Waals surface area (Å²) in [5.74, 6) is 1.83. The van der Waals surface area contributed by atoms with E-state index in [-0.39, 0.29) is 6.42 Å². The second-order valence-electron chi connectivity index (χ2n) is 10.9. The summed E-state index contributed by atoms with van der Waals surface area (Å²) in [4.78, 5) is 4.38. The van der Waals surface area contributed by atoms with Gasteiger partial charge in [-0.1, -0.05) is 85.1 Å². The van der Waals surface area contributed by atoms with Crippen molar-refractivity contribution in [1.82, 2.24) is 4.57 Å². The van der Waals surface area contributed by atoms with Gasteiger partial charge in [0.05, 0.1) is 59.9 Å². The van der Waals surface area contributed by atoms with E-state index in [4.69, 9.17) is 46.4 Å². The highest BCUT2D eigenvalue weighted by molar-refractivity contribution is 7.86. The fourth-order valence-corrected chi connectivity index (χ4v) is 7.50. The minimum atomic E-state index is -4.46. The smallest absolute Gasteiger partial charge is 0.282 e. The van der Waals surface area contributed by atoms with Gasteiger partial charge in [0.25, 0.3) is 5.82 Å². The van der Waals surface area contributed by atoms with Crippen molar-refractivity contribution in [3.63, 3.8) is 0 Å². The number of anilines is 2. The molecule has 0 amide bonds. The van der Waals surface area contributed by atoms with Gasteiger partial charge in [-0.25, -0.2) is 17.6 Å². The normalized spacial score (nSPS) is 14.3. The molecule has 0 saturated heterocycles. The van der Waals surface area contributed by atoms with Gasteiger partial charge in [-0.3, -0.25) is 0 Å². The Bertz CT molecular complexity index is 1630. The topological polar surface area (TPSA) is 72.5 Å². The van der Waals surface area contributed by atoms with Crippen molar-refractivity contribution < 1.29 is 17.5 Å². The maximum Gasteiger partial charge on any atom is 0.282 e. The van der Waals surface area contributed by atoms with Gasteiger partial charge in [0.1, 0.15) is 5.82 Å². The lowest BCUT2D eigenvalue weighted by Gasteiger charge is -2.23. The average molecular weight is 703 g/mol.